The number of anilines is 3. The summed E-state index contributed by atoms with van der Waals surface area (Å²) < 4.78 is 93.9. The Hall–Kier alpha value is -7.42. The van der Waals surface area contributed by atoms with Crippen molar-refractivity contribution < 1.29 is 18.1 Å². The molecule has 1 heterocycles. The minimum Gasteiger partial charge on any atom is -0.456 e. The average molecular weight is 724 g/mol. The highest BCUT2D eigenvalue weighted by atomic mass is 16.3. The molecule has 1 aromatic heterocycles. The molecule has 0 aliphatic heterocycles. The van der Waals surface area contributed by atoms with Gasteiger partial charge in [0, 0.05) is 27.8 Å². The number of nitrogens with zero attached hydrogens (tertiary/aromatic N) is 1. The van der Waals surface area contributed by atoms with Crippen LogP contribution in [0.3, 0.4) is 0 Å². The van der Waals surface area contributed by atoms with Crippen LogP contribution in [0.25, 0.3) is 87.6 Å². The molecule has 10 aromatic carbocycles. The van der Waals surface area contributed by atoms with E-state index < -0.39 is 36.3 Å². The van der Waals surface area contributed by atoms with Gasteiger partial charge in [-0.15, -0.1) is 0 Å². The fraction of sp³-hybridized carbons (Fsp3) is 0. The lowest BCUT2D eigenvalue weighted by Gasteiger charge is -2.29. The number of benzene rings is 10. The van der Waals surface area contributed by atoms with E-state index in [9.17, 15) is 0 Å². The molecule has 2 heteroatoms. The Morgan fingerprint density at radius 2 is 0.750 bits per heavy atom. The maximum absolute atomic E-state index is 9.09. The lowest BCUT2D eigenvalue weighted by molar-refractivity contribution is 0.669. The van der Waals surface area contributed by atoms with Gasteiger partial charge in [-0.3, -0.25) is 0 Å². The topological polar surface area (TPSA) is 16.4 Å². The zero-order chi connectivity index (χ0) is 45.7. The van der Waals surface area contributed by atoms with E-state index >= 15 is 0 Å². The predicted molar refractivity (Wildman–Crippen MR) is 237 cm³/mol. The van der Waals surface area contributed by atoms with Crippen LogP contribution in [0.15, 0.2) is 217 Å². The molecule has 0 aliphatic rings. The summed E-state index contributed by atoms with van der Waals surface area (Å²) in [6, 6.07) is 45.0. The lowest BCUT2D eigenvalue weighted by Crippen LogP contribution is -2.11. The second kappa shape index (κ2) is 13.2. The molecule has 0 unspecified atom stereocenters. The van der Waals surface area contributed by atoms with Crippen molar-refractivity contribution in [2.75, 3.05) is 4.90 Å². The molecule has 0 fully saturated rings. The molecule has 56 heavy (non-hydrogen) atoms. The van der Waals surface area contributed by atoms with Crippen LogP contribution in [0.4, 0.5) is 17.1 Å². The van der Waals surface area contributed by atoms with Gasteiger partial charge in [0.25, 0.3) is 0 Å². The first-order valence-electron chi connectivity index (χ1n) is 23.3. The Kier molecular flexibility index (Phi) is 5.49. The predicted octanol–water partition coefficient (Wildman–Crippen LogP) is 15.5. The quantitative estimate of drug-likeness (QED) is 0.170. The third-order valence-electron chi connectivity index (χ3n) is 10.5. The molecule has 0 atom stereocenters. The summed E-state index contributed by atoms with van der Waals surface area (Å²) in [5.74, 6) is 0. The van der Waals surface area contributed by atoms with Crippen LogP contribution in [0.5, 0.6) is 0 Å². The molecule has 0 aliphatic carbocycles. The maximum Gasteiger partial charge on any atom is 0.135 e. The van der Waals surface area contributed by atoms with Crippen molar-refractivity contribution >= 4 is 71.3 Å². The van der Waals surface area contributed by atoms with Crippen LogP contribution in [0.1, 0.15) is 13.7 Å². The van der Waals surface area contributed by atoms with Crippen molar-refractivity contribution in [2.45, 2.75) is 0 Å². The second-order valence-electron chi connectivity index (χ2n) is 13.8. The van der Waals surface area contributed by atoms with Crippen LogP contribution in [-0.4, -0.2) is 0 Å². The smallest absolute Gasteiger partial charge is 0.135 e. The van der Waals surface area contributed by atoms with Gasteiger partial charge in [-0.2, -0.15) is 0 Å². The Labute approximate surface area is 339 Å². The highest BCUT2D eigenvalue weighted by Gasteiger charge is 2.21. The van der Waals surface area contributed by atoms with Crippen LogP contribution in [0.2, 0.25) is 0 Å². The van der Waals surface area contributed by atoms with Crippen molar-refractivity contribution in [1.82, 2.24) is 0 Å². The summed E-state index contributed by atoms with van der Waals surface area (Å²) >= 11 is 0. The molecule has 2 nitrogen and oxygen atoms in total. The first-order chi connectivity index (χ1) is 31.9. The minimum atomic E-state index is -0.488. The van der Waals surface area contributed by atoms with Crippen LogP contribution >= 0.6 is 0 Å². The zero-order valence-corrected chi connectivity index (χ0v) is 29.8. The maximum atomic E-state index is 9.09. The Morgan fingerprint density at radius 1 is 0.339 bits per heavy atom. The van der Waals surface area contributed by atoms with Crippen LogP contribution in [0, 0.1) is 0 Å². The monoisotopic (exact) mass is 723 g/mol. The number of hydrogen-bond donors (Lipinski definition) is 0. The lowest BCUT2D eigenvalue weighted by atomic mass is 9.93. The van der Waals surface area contributed by atoms with Crippen molar-refractivity contribution in [3.63, 3.8) is 0 Å². The summed E-state index contributed by atoms with van der Waals surface area (Å²) in [6.45, 7) is 0. The largest absolute Gasteiger partial charge is 0.456 e. The van der Waals surface area contributed by atoms with E-state index in [2.05, 4.69) is 24.3 Å². The number of hydrogen-bond acceptors (Lipinski definition) is 2. The fourth-order valence-electron chi connectivity index (χ4n) is 8.03. The van der Waals surface area contributed by atoms with Crippen molar-refractivity contribution in [2.24, 2.45) is 0 Å². The highest BCUT2D eigenvalue weighted by Crippen LogP contribution is 2.46. The number of furan rings is 1. The van der Waals surface area contributed by atoms with Crippen molar-refractivity contribution in [3.05, 3.63) is 212 Å². The normalized spacial score (nSPS) is 14.1. The van der Waals surface area contributed by atoms with Gasteiger partial charge in [0.05, 0.1) is 13.7 Å². The van der Waals surface area contributed by atoms with E-state index in [4.69, 9.17) is 18.1 Å². The molecule has 262 valence electrons. The Bertz CT molecular complexity index is 3650. The summed E-state index contributed by atoms with van der Waals surface area (Å²) in [7, 11) is 0. The number of para-hydroxylation sites is 1. The van der Waals surface area contributed by atoms with Gasteiger partial charge in [-0.1, -0.05) is 157 Å². The number of fused-ring (bicyclic) bond motifs is 6. The van der Waals surface area contributed by atoms with E-state index in [0.29, 0.717) is 39.0 Å². The standard InChI is InChI=1S/C54H35NO/c1-3-15-36(16-4-1)49-33-42(29-38-19-7-10-22-45(38)49)55(43-30-39-20-8-11-23-46(39)50(34-43)37-17-5-2-6-18-37)44-31-40-21-9-12-24-47(40)51(35-44)41-27-28-54-52(32-41)48-25-13-14-26-53(48)56-54/h1-35H/i1D,2D,3D,4D,5D,6D,15D,16D,17D,18D. The molecule has 0 amide bonds. The van der Waals surface area contributed by atoms with E-state index in [0.717, 1.165) is 54.6 Å². The van der Waals surface area contributed by atoms with Gasteiger partial charge < -0.3 is 9.32 Å². The van der Waals surface area contributed by atoms with E-state index in [-0.39, 0.29) is 35.3 Å². The van der Waals surface area contributed by atoms with Gasteiger partial charge >= 0.3 is 0 Å². The van der Waals surface area contributed by atoms with Crippen LogP contribution in [-0.2, 0) is 0 Å². The van der Waals surface area contributed by atoms with Gasteiger partial charge in [0.15, 0.2) is 0 Å². The van der Waals surface area contributed by atoms with Crippen molar-refractivity contribution in [3.8, 4) is 33.4 Å². The third kappa shape index (κ3) is 5.42. The summed E-state index contributed by atoms with van der Waals surface area (Å²) in [6.07, 6.45) is 0. The van der Waals surface area contributed by atoms with Gasteiger partial charge in [0.2, 0.25) is 0 Å². The van der Waals surface area contributed by atoms with E-state index in [1.165, 1.54) is 0 Å². The van der Waals surface area contributed by atoms with Gasteiger partial charge in [0.1, 0.15) is 11.2 Å². The molecule has 0 saturated heterocycles. The average Bonchev–Trinajstić information content (AvgIpc) is 3.72. The zero-order valence-electron chi connectivity index (χ0n) is 39.8. The van der Waals surface area contributed by atoms with Gasteiger partial charge in [-0.25, -0.2) is 0 Å². The summed E-state index contributed by atoms with van der Waals surface area (Å²) in [5.41, 5.74) is 6.21. The molecule has 0 N–H and O–H groups in total. The Balaban J connectivity index is 1.26. The van der Waals surface area contributed by atoms with Crippen LogP contribution < -0.4 is 4.90 Å². The second-order valence-corrected chi connectivity index (χ2v) is 13.8. The molecule has 0 spiro atoms. The first-order valence-corrected chi connectivity index (χ1v) is 18.3. The molecule has 0 saturated carbocycles. The first kappa shape index (κ1) is 23.4. The number of rotatable bonds is 6. The molecule has 0 radical (unpaired) electrons. The fourth-order valence-corrected chi connectivity index (χ4v) is 8.03. The SMILES string of the molecule is [2H]c1c([2H])c([2H])c(-c2cc(N(c3cc(-c4ccc5oc6ccccc6c5c4)c4ccccc4c3)c3cc(-c4c([2H])c([2H])c([2H])c([2H])c4[2H])c4ccccc4c3)cc3ccccc23)c([2H])c1[2H]. The highest BCUT2D eigenvalue weighted by molar-refractivity contribution is 6.09. The molecule has 11 aromatic rings. The van der Waals surface area contributed by atoms with Gasteiger partial charge in [-0.05, 0) is 120 Å². The molecule has 11 rings (SSSR count). The Morgan fingerprint density at radius 3 is 1.25 bits per heavy atom. The third-order valence-corrected chi connectivity index (χ3v) is 10.5. The molecule has 0 bridgehead atoms. The van der Waals surface area contributed by atoms with E-state index in [1.807, 2.05) is 132 Å². The summed E-state index contributed by atoms with van der Waals surface area (Å²) in [5, 5.41) is 6.71. The van der Waals surface area contributed by atoms with E-state index in [1.54, 1.807) is 0 Å². The minimum absolute atomic E-state index is 0.0529. The summed E-state index contributed by atoms with van der Waals surface area (Å²) in [4.78, 5) is 2.03. The molecular weight excluding hydrogens is 679 g/mol. The van der Waals surface area contributed by atoms with Crippen molar-refractivity contribution in [1.29, 1.82) is 0 Å². The molecular formula is C54H35NO.